The smallest absolute Gasteiger partial charge is 0.407 e. The Morgan fingerprint density at radius 1 is 1.17 bits per heavy atom. The number of hydrogen-bond donors (Lipinski definition) is 2. The number of halogens is 1. The lowest BCUT2D eigenvalue weighted by Crippen LogP contribution is -2.47. The molecule has 1 amide bonds. The lowest BCUT2D eigenvalue weighted by atomic mass is 9.91. The number of fused-ring (bicyclic) bond motifs is 1. The molecule has 8 heteroatoms. The number of nitrogens with one attached hydrogen (secondary N) is 1. The highest BCUT2D eigenvalue weighted by Gasteiger charge is 2.31. The lowest BCUT2D eigenvalue weighted by Gasteiger charge is -2.37. The predicted octanol–water partition coefficient (Wildman–Crippen LogP) is 6.38. The van der Waals surface area contributed by atoms with Crippen LogP contribution < -0.4 is 10.7 Å². The van der Waals surface area contributed by atoms with Crippen molar-refractivity contribution in [3.05, 3.63) is 92.4 Å². The Balaban J connectivity index is 1.52. The molecule has 1 aliphatic rings. The van der Waals surface area contributed by atoms with Crippen molar-refractivity contribution in [2.45, 2.75) is 32.7 Å². The molecule has 1 atom stereocenters. The first-order valence-corrected chi connectivity index (χ1v) is 12.1. The predicted molar refractivity (Wildman–Crippen MR) is 141 cm³/mol. The van der Waals surface area contributed by atoms with Crippen molar-refractivity contribution in [3.8, 4) is 11.3 Å². The maximum atomic E-state index is 13.4. The van der Waals surface area contributed by atoms with Crippen LogP contribution >= 0.6 is 11.6 Å². The molecule has 4 aromatic rings. The molecule has 0 radical (unpaired) electrons. The van der Waals surface area contributed by atoms with E-state index < -0.39 is 6.09 Å². The minimum atomic E-state index is -0.890. The molecule has 2 aromatic heterocycles. The Labute approximate surface area is 213 Å². The van der Waals surface area contributed by atoms with Gasteiger partial charge in [0.2, 0.25) is 0 Å². The molecule has 0 saturated carbocycles. The van der Waals surface area contributed by atoms with Crippen molar-refractivity contribution in [1.82, 2.24) is 9.88 Å². The zero-order chi connectivity index (χ0) is 25.6. The third kappa shape index (κ3) is 4.42. The van der Waals surface area contributed by atoms with E-state index >= 15 is 0 Å². The monoisotopic (exact) mass is 503 g/mol. The molecule has 2 N–H and O–H groups in total. The van der Waals surface area contributed by atoms with Gasteiger partial charge in [-0.2, -0.15) is 0 Å². The second-order valence-corrected chi connectivity index (χ2v) is 9.75. The molecule has 2 aromatic carbocycles. The Hall–Kier alpha value is -3.84. The number of carboxylic acid groups (broad SMARTS) is 1. The van der Waals surface area contributed by atoms with E-state index in [0.717, 1.165) is 27.9 Å². The topological polar surface area (TPSA) is 95.7 Å². The Bertz CT molecular complexity index is 1510. The van der Waals surface area contributed by atoms with E-state index in [0.29, 0.717) is 40.5 Å². The molecule has 1 unspecified atom stereocenters. The number of pyridine rings is 1. The van der Waals surface area contributed by atoms with Crippen LogP contribution in [-0.4, -0.2) is 34.2 Å². The van der Waals surface area contributed by atoms with Crippen molar-refractivity contribution in [2.75, 3.05) is 18.4 Å². The van der Waals surface area contributed by atoms with Gasteiger partial charge in [0.05, 0.1) is 23.3 Å². The Kier molecular flexibility index (Phi) is 6.18. The molecular formula is C28H26ClN3O4. The summed E-state index contributed by atoms with van der Waals surface area (Å²) in [6.07, 6.45) is 0.778. The number of anilines is 1. The highest BCUT2D eigenvalue weighted by atomic mass is 35.5. The van der Waals surface area contributed by atoms with E-state index in [-0.39, 0.29) is 17.4 Å². The van der Waals surface area contributed by atoms with E-state index in [9.17, 15) is 9.59 Å². The Morgan fingerprint density at radius 3 is 2.53 bits per heavy atom. The van der Waals surface area contributed by atoms with Gasteiger partial charge in [0.25, 0.3) is 0 Å². The van der Waals surface area contributed by atoms with Crippen LogP contribution in [0.5, 0.6) is 0 Å². The van der Waals surface area contributed by atoms with Gasteiger partial charge in [-0.05, 0) is 50.1 Å². The maximum Gasteiger partial charge on any atom is 0.407 e. The number of benzene rings is 2. The van der Waals surface area contributed by atoms with E-state index in [1.807, 2.05) is 56.3 Å². The van der Waals surface area contributed by atoms with Gasteiger partial charge in [0, 0.05) is 35.7 Å². The lowest BCUT2D eigenvalue weighted by molar-refractivity contribution is 0.105. The van der Waals surface area contributed by atoms with Crippen LogP contribution in [0.1, 0.15) is 41.1 Å². The summed E-state index contributed by atoms with van der Waals surface area (Å²) in [5, 5.41) is 13.5. The van der Waals surface area contributed by atoms with Gasteiger partial charge in [0.1, 0.15) is 16.5 Å². The fraction of sp³-hybridized carbons (Fsp3) is 0.250. The van der Waals surface area contributed by atoms with Crippen LogP contribution in [0.4, 0.5) is 10.5 Å². The van der Waals surface area contributed by atoms with Gasteiger partial charge < -0.3 is 19.7 Å². The largest absolute Gasteiger partial charge is 0.465 e. The average molecular weight is 504 g/mol. The molecule has 7 nitrogen and oxygen atoms in total. The first-order chi connectivity index (χ1) is 17.2. The number of likely N-dealkylation sites (tertiary alicyclic amines) is 1. The van der Waals surface area contributed by atoms with Crippen LogP contribution in [0.2, 0.25) is 5.15 Å². The number of rotatable bonds is 5. The molecule has 0 aliphatic carbocycles. The summed E-state index contributed by atoms with van der Waals surface area (Å²) >= 11 is 5.92. The van der Waals surface area contributed by atoms with E-state index in [1.165, 1.54) is 4.90 Å². The third-order valence-corrected chi connectivity index (χ3v) is 6.99. The van der Waals surface area contributed by atoms with E-state index in [2.05, 4.69) is 10.3 Å². The number of nitrogens with zero attached hydrogens (tertiary/aromatic N) is 2. The summed E-state index contributed by atoms with van der Waals surface area (Å²) < 4.78 is 6.45. The summed E-state index contributed by atoms with van der Waals surface area (Å²) in [6, 6.07) is 15.1. The number of aryl methyl sites for hydroxylation is 1. The fourth-order valence-electron chi connectivity index (χ4n) is 4.71. The van der Waals surface area contributed by atoms with Crippen molar-refractivity contribution in [2.24, 2.45) is 0 Å². The van der Waals surface area contributed by atoms with Crippen LogP contribution in [0.15, 0.2) is 63.9 Å². The highest BCUT2D eigenvalue weighted by Crippen LogP contribution is 2.34. The van der Waals surface area contributed by atoms with Gasteiger partial charge in [-0.1, -0.05) is 41.9 Å². The summed E-state index contributed by atoms with van der Waals surface area (Å²) in [6.45, 7) is 6.75. The second-order valence-electron chi connectivity index (χ2n) is 9.36. The zero-order valence-electron chi connectivity index (χ0n) is 20.2. The molecule has 0 bridgehead atoms. The summed E-state index contributed by atoms with van der Waals surface area (Å²) in [4.78, 5) is 30.0. The minimum absolute atomic E-state index is 0.0586. The van der Waals surface area contributed by atoms with Crippen molar-refractivity contribution >= 4 is 34.4 Å². The average Bonchev–Trinajstić information content (AvgIpc) is 2.82. The van der Waals surface area contributed by atoms with Crippen LogP contribution in [0, 0.1) is 13.8 Å². The SMILES string of the molecule is Cc1cc(C(C)Nc2ccc(Cl)nc2)c2oc(-c3ccc(C4CN(C(=O)O)C4)cc3)c(C)c(=O)c2c1. The summed E-state index contributed by atoms with van der Waals surface area (Å²) in [5.74, 6) is 0.717. The number of amides is 1. The van der Waals surface area contributed by atoms with Gasteiger partial charge >= 0.3 is 6.09 Å². The summed E-state index contributed by atoms with van der Waals surface area (Å²) in [7, 11) is 0. The van der Waals surface area contributed by atoms with Crippen LogP contribution in [0.3, 0.4) is 0 Å². The van der Waals surface area contributed by atoms with Crippen molar-refractivity contribution in [1.29, 1.82) is 0 Å². The van der Waals surface area contributed by atoms with E-state index in [4.69, 9.17) is 21.1 Å². The van der Waals surface area contributed by atoms with Gasteiger partial charge in [-0.3, -0.25) is 4.79 Å². The molecule has 0 spiro atoms. The van der Waals surface area contributed by atoms with E-state index in [1.54, 1.807) is 19.2 Å². The quantitative estimate of drug-likeness (QED) is 0.307. The number of carbonyl (C=O) groups is 1. The van der Waals surface area contributed by atoms with Gasteiger partial charge in [-0.15, -0.1) is 0 Å². The Morgan fingerprint density at radius 2 is 1.89 bits per heavy atom. The van der Waals surface area contributed by atoms with Crippen LogP contribution in [0.25, 0.3) is 22.3 Å². The zero-order valence-corrected chi connectivity index (χ0v) is 21.0. The fourth-order valence-corrected chi connectivity index (χ4v) is 4.82. The number of hydrogen-bond acceptors (Lipinski definition) is 5. The first kappa shape index (κ1) is 23.9. The molecular weight excluding hydrogens is 478 g/mol. The maximum absolute atomic E-state index is 13.4. The van der Waals surface area contributed by atoms with Crippen molar-refractivity contribution < 1.29 is 14.3 Å². The minimum Gasteiger partial charge on any atom is -0.465 e. The second kappa shape index (κ2) is 9.32. The van der Waals surface area contributed by atoms with Crippen molar-refractivity contribution in [3.63, 3.8) is 0 Å². The molecule has 184 valence electrons. The molecule has 36 heavy (non-hydrogen) atoms. The summed E-state index contributed by atoms with van der Waals surface area (Å²) in [5.41, 5.74) is 5.57. The molecule has 5 rings (SSSR count). The molecule has 3 heterocycles. The third-order valence-electron chi connectivity index (χ3n) is 6.77. The molecule has 1 saturated heterocycles. The van der Waals surface area contributed by atoms with Gasteiger partial charge in [0.15, 0.2) is 5.43 Å². The highest BCUT2D eigenvalue weighted by molar-refractivity contribution is 6.29. The number of aromatic nitrogens is 1. The molecule has 1 aliphatic heterocycles. The normalized spacial score (nSPS) is 14.5. The first-order valence-electron chi connectivity index (χ1n) is 11.8. The molecule has 1 fully saturated rings. The van der Waals surface area contributed by atoms with Crippen LogP contribution in [-0.2, 0) is 0 Å². The van der Waals surface area contributed by atoms with Gasteiger partial charge in [-0.25, -0.2) is 9.78 Å². The standard InChI is InChI=1S/C28H26ClN3O4/c1-15-10-22(17(3)31-21-8-9-24(29)30-12-21)27-23(11-15)25(33)16(2)26(36-27)19-6-4-18(5-7-19)20-13-32(14-20)28(34)35/h4-12,17,20,31H,13-14H2,1-3H3,(H,34,35).